The summed E-state index contributed by atoms with van der Waals surface area (Å²) < 4.78 is 0. The lowest BCUT2D eigenvalue weighted by molar-refractivity contribution is 0.0950. The molecule has 6 heteroatoms. The van der Waals surface area contributed by atoms with Crippen molar-refractivity contribution in [2.75, 3.05) is 6.54 Å². The first kappa shape index (κ1) is 14.8. The van der Waals surface area contributed by atoms with Crippen LogP contribution >= 0.6 is 0 Å². The van der Waals surface area contributed by atoms with Gasteiger partial charge in [0.1, 0.15) is 11.5 Å². The van der Waals surface area contributed by atoms with Gasteiger partial charge < -0.3 is 16.3 Å². The zero-order valence-electron chi connectivity index (χ0n) is 11.6. The molecule has 0 atom stereocenters. The van der Waals surface area contributed by atoms with Crippen molar-refractivity contribution in [3.05, 3.63) is 42.2 Å². The van der Waals surface area contributed by atoms with Gasteiger partial charge in [0.05, 0.1) is 0 Å². The van der Waals surface area contributed by atoms with Gasteiger partial charge in [0.2, 0.25) is 0 Å². The number of benzene rings is 1. The number of unbranched alkanes of at least 4 members (excludes halogenated alkanes) is 1. The number of pyridine rings is 1. The van der Waals surface area contributed by atoms with Crippen molar-refractivity contribution in [3.63, 3.8) is 0 Å². The lowest BCUT2D eigenvalue weighted by atomic mass is 10.1. The van der Waals surface area contributed by atoms with Gasteiger partial charge in [-0.15, -0.1) is 0 Å². The largest absolute Gasteiger partial charge is 0.409 e. The lowest BCUT2D eigenvalue weighted by Gasteiger charge is -2.07. The zero-order chi connectivity index (χ0) is 15.1. The Labute approximate surface area is 122 Å². The van der Waals surface area contributed by atoms with E-state index in [4.69, 9.17) is 10.9 Å². The van der Waals surface area contributed by atoms with Crippen LogP contribution in [-0.2, 0) is 0 Å². The van der Waals surface area contributed by atoms with E-state index in [0.29, 0.717) is 18.7 Å². The Kier molecular flexibility index (Phi) is 5.09. The maximum atomic E-state index is 12.1. The molecule has 110 valence electrons. The predicted octanol–water partition coefficient (Wildman–Crippen LogP) is 1.88. The molecule has 0 radical (unpaired) electrons. The fourth-order valence-corrected chi connectivity index (χ4v) is 2.07. The van der Waals surface area contributed by atoms with Crippen molar-refractivity contribution in [1.82, 2.24) is 10.3 Å². The van der Waals surface area contributed by atoms with Gasteiger partial charge in [-0.1, -0.05) is 29.4 Å². The SMILES string of the molecule is NC(CCCCNC(=O)c1nccc2ccccc12)=NO. The first-order chi connectivity index (χ1) is 10.2. The molecule has 2 rings (SSSR count). The number of carbonyl (C=O) groups is 1. The van der Waals surface area contributed by atoms with Crippen LogP contribution in [0.4, 0.5) is 0 Å². The van der Waals surface area contributed by atoms with E-state index in [0.717, 1.165) is 23.6 Å². The van der Waals surface area contributed by atoms with E-state index in [9.17, 15) is 4.79 Å². The van der Waals surface area contributed by atoms with E-state index in [1.165, 1.54) is 0 Å². The number of nitrogens with one attached hydrogen (secondary N) is 1. The zero-order valence-corrected chi connectivity index (χ0v) is 11.6. The van der Waals surface area contributed by atoms with Crippen LogP contribution in [0.2, 0.25) is 0 Å². The molecular weight excluding hydrogens is 268 g/mol. The topological polar surface area (TPSA) is 101 Å². The fourth-order valence-electron chi connectivity index (χ4n) is 2.07. The molecule has 1 aromatic carbocycles. The van der Waals surface area contributed by atoms with Gasteiger partial charge in [0.25, 0.3) is 5.91 Å². The second kappa shape index (κ2) is 7.23. The number of rotatable bonds is 6. The van der Waals surface area contributed by atoms with Crippen LogP contribution < -0.4 is 11.1 Å². The smallest absolute Gasteiger partial charge is 0.270 e. The van der Waals surface area contributed by atoms with E-state index in [-0.39, 0.29) is 11.7 Å². The highest BCUT2D eigenvalue weighted by atomic mass is 16.4. The minimum absolute atomic E-state index is 0.185. The molecule has 0 aliphatic heterocycles. The molecule has 0 fully saturated rings. The highest BCUT2D eigenvalue weighted by molar-refractivity contribution is 6.05. The first-order valence-corrected chi connectivity index (χ1v) is 6.80. The molecule has 1 aromatic heterocycles. The van der Waals surface area contributed by atoms with E-state index < -0.39 is 0 Å². The number of amides is 1. The molecule has 1 amide bonds. The van der Waals surface area contributed by atoms with Crippen LogP contribution in [0, 0.1) is 0 Å². The summed E-state index contributed by atoms with van der Waals surface area (Å²) >= 11 is 0. The van der Waals surface area contributed by atoms with Gasteiger partial charge in [-0.2, -0.15) is 0 Å². The molecule has 0 bridgehead atoms. The molecule has 1 heterocycles. The Hall–Kier alpha value is -2.63. The normalized spacial score (nSPS) is 11.5. The summed E-state index contributed by atoms with van der Waals surface area (Å²) in [5, 5.41) is 16.0. The van der Waals surface area contributed by atoms with Crippen molar-refractivity contribution >= 4 is 22.5 Å². The predicted molar refractivity (Wildman–Crippen MR) is 81.3 cm³/mol. The molecule has 0 saturated carbocycles. The summed E-state index contributed by atoms with van der Waals surface area (Å²) in [6.45, 7) is 0.530. The Morgan fingerprint density at radius 3 is 2.90 bits per heavy atom. The first-order valence-electron chi connectivity index (χ1n) is 6.80. The third-order valence-electron chi connectivity index (χ3n) is 3.16. The van der Waals surface area contributed by atoms with Gasteiger partial charge >= 0.3 is 0 Å². The van der Waals surface area contributed by atoms with Crippen LogP contribution in [0.15, 0.2) is 41.7 Å². The number of aromatic nitrogens is 1. The van der Waals surface area contributed by atoms with Crippen molar-refractivity contribution in [2.24, 2.45) is 10.9 Å². The highest BCUT2D eigenvalue weighted by Gasteiger charge is 2.10. The monoisotopic (exact) mass is 286 g/mol. The van der Waals surface area contributed by atoms with Gasteiger partial charge in [0, 0.05) is 24.5 Å². The van der Waals surface area contributed by atoms with Crippen LogP contribution in [0.1, 0.15) is 29.8 Å². The number of amidine groups is 1. The van der Waals surface area contributed by atoms with Crippen LogP contribution in [0.25, 0.3) is 10.8 Å². The standard InChI is InChI=1S/C15H18N4O2/c16-13(19-21)7-3-4-9-18-15(20)14-12-6-2-1-5-11(12)8-10-17-14/h1-2,5-6,8,10,21H,3-4,7,9H2,(H2,16,19)(H,18,20). The minimum atomic E-state index is -0.185. The van der Waals surface area contributed by atoms with Crippen molar-refractivity contribution < 1.29 is 10.0 Å². The third kappa shape index (κ3) is 3.92. The number of nitrogens with zero attached hydrogens (tertiary/aromatic N) is 2. The summed E-state index contributed by atoms with van der Waals surface area (Å²) in [6, 6.07) is 9.53. The van der Waals surface area contributed by atoms with Gasteiger partial charge in [0.15, 0.2) is 0 Å². The Morgan fingerprint density at radius 2 is 2.10 bits per heavy atom. The second-order valence-electron chi connectivity index (χ2n) is 4.69. The van der Waals surface area contributed by atoms with Gasteiger partial charge in [-0.05, 0) is 24.3 Å². The fraction of sp³-hybridized carbons (Fsp3) is 0.267. The van der Waals surface area contributed by atoms with Crippen LogP contribution in [0.5, 0.6) is 0 Å². The van der Waals surface area contributed by atoms with E-state index >= 15 is 0 Å². The van der Waals surface area contributed by atoms with Crippen LogP contribution in [0.3, 0.4) is 0 Å². The third-order valence-corrected chi connectivity index (χ3v) is 3.16. The molecule has 0 saturated heterocycles. The maximum absolute atomic E-state index is 12.1. The van der Waals surface area contributed by atoms with E-state index in [2.05, 4.69) is 15.5 Å². The summed E-state index contributed by atoms with van der Waals surface area (Å²) in [5.41, 5.74) is 5.81. The van der Waals surface area contributed by atoms with Crippen LogP contribution in [-0.4, -0.2) is 28.5 Å². The molecule has 0 aliphatic carbocycles. The molecule has 0 aliphatic rings. The van der Waals surface area contributed by atoms with Crippen molar-refractivity contribution in [2.45, 2.75) is 19.3 Å². The Morgan fingerprint density at radius 1 is 1.29 bits per heavy atom. The minimum Gasteiger partial charge on any atom is -0.409 e. The average molecular weight is 286 g/mol. The Bertz CT molecular complexity index is 650. The quantitative estimate of drug-likeness (QED) is 0.248. The van der Waals surface area contributed by atoms with Gasteiger partial charge in [-0.3, -0.25) is 9.78 Å². The highest BCUT2D eigenvalue weighted by Crippen LogP contribution is 2.15. The molecule has 21 heavy (non-hydrogen) atoms. The second-order valence-corrected chi connectivity index (χ2v) is 4.69. The van der Waals surface area contributed by atoms with Gasteiger partial charge in [-0.25, -0.2) is 0 Å². The number of carbonyl (C=O) groups excluding carboxylic acids is 1. The van der Waals surface area contributed by atoms with E-state index in [1.807, 2.05) is 30.3 Å². The number of hydrogen-bond donors (Lipinski definition) is 3. The van der Waals surface area contributed by atoms with E-state index in [1.54, 1.807) is 6.20 Å². The molecule has 0 spiro atoms. The number of nitrogens with two attached hydrogens (primary N) is 1. The summed E-state index contributed by atoms with van der Waals surface area (Å²) in [6.07, 6.45) is 3.65. The average Bonchev–Trinajstić information content (AvgIpc) is 2.53. The molecule has 4 N–H and O–H groups in total. The number of oxime groups is 1. The Balaban J connectivity index is 1.91. The van der Waals surface area contributed by atoms with Crippen molar-refractivity contribution in [1.29, 1.82) is 0 Å². The lowest BCUT2D eigenvalue weighted by Crippen LogP contribution is -2.25. The van der Waals surface area contributed by atoms with Crippen molar-refractivity contribution in [3.8, 4) is 0 Å². The number of hydrogen-bond acceptors (Lipinski definition) is 4. The molecule has 6 nitrogen and oxygen atoms in total. The summed E-state index contributed by atoms with van der Waals surface area (Å²) in [5.74, 6) is 0.0210. The molecular formula is C15H18N4O2. The molecule has 0 unspecified atom stereocenters. The summed E-state index contributed by atoms with van der Waals surface area (Å²) in [7, 11) is 0. The maximum Gasteiger partial charge on any atom is 0.270 e. The summed E-state index contributed by atoms with van der Waals surface area (Å²) in [4.78, 5) is 16.3. The molecule has 2 aromatic rings. The number of fused-ring (bicyclic) bond motifs is 1.